The molecule has 0 atom stereocenters. The molecule has 2 nitrogen and oxygen atoms in total. The third-order valence-electron chi connectivity index (χ3n) is 2.37. The zero-order valence-electron chi connectivity index (χ0n) is 9.29. The predicted octanol–water partition coefficient (Wildman–Crippen LogP) is 4.29. The van der Waals surface area contributed by atoms with Gasteiger partial charge in [-0.1, -0.05) is 35.3 Å². The fraction of sp³-hybridized carbons (Fsp3) is 0.0769. The second-order valence-electron chi connectivity index (χ2n) is 3.70. The molecular formula is C13H10Cl2FNO. The lowest BCUT2D eigenvalue weighted by Gasteiger charge is -2.09. The molecule has 5 heteroatoms. The fourth-order valence-corrected chi connectivity index (χ4v) is 1.72. The van der Waals surface area contributed by atoms with E-state index < -0.39 is 5.82 Å². The fourth-order valence-electron chi connectivity index (χ4n) is 1.44. The van der Waals surface area contributed by atoms with Crippen molar-refractivity contribution >= 4 is 28.9 Å². The zero-order valence-corrected chi connectivity index (χ0v) is 10.8. The molecule has 0 aliphatic rings. The number of nitrogen functional groups attached to an aromatic ring is 1. The maximum Gasteiger partial charge on any atom is 0.183 e. The van der Waals surface area contributed by atoms with Crippen molar-refractivity contribution in [2.75, 3.05) is 5.73 Å². The SMILES string of the molecule is Nc1cc(COc2cccc(Cl)c2F)ccc1Cl. The summed E-state index contributed by atoms with van der Waals surface area (Å²) in [4.78, 5) is 0. The molecule has 2 N–H and O–H groups in total. The Kier molecular flexibility index (Phi) is 3.94. The van der Waals surface area contributed by atoms with E-state index in [9.17, 15) is 4.39 Å². The molecule has 0 aliphatic carbocycles. The first-order valence-corrected chi connectivity index (χ1v) is 5.94. The van der Waals surface area contributed by atoms with Gasteiger partial charge in [-0.05, 0) is 29.8 Å². The summed E-state index contributed by atoms with van der Waals surface area (Å²) >= 11 is 11.4. The summed E-state index contributed by atoms with van der Waals surface area (Å²) < 4.78 is 18.9. The largest absolute Gasteiger partial charge is 0.486 e. The van der Waals surface area contributed by atoms with Crippen LogP contribution in [-0.2, 0) is 6.61 Å². The summed E-state index contributed by atoms with van der Waals surface area (Å²) in [7, 11) is 0. The van der Waals surface area contributed by atoms with E-state index in [-0.39, 0.29) is 17.4 Å². The normalized spacial score (nSPS) is 10.4. The second kappa shape index (κ2) is 5.46. The van der Waals surface area contributed by atoms with Crippen molar-refractivity contribution < 1.29 is 9.13 Å². The van der Waals surface area contributed by atoms with Gasteiger partial charge in [0, 0.05) is 0 Å². The Morgan fingerprint density at radius 2 is 1.89 bits per heavy atom. The summed E-state index contributed by atoms with van der Waals surface area (Å²) in [5.41, 5.74) is 6.93. The van der Waals surface area contributed by atoms with E-state index in [1.165, 1.54) is 12.1 Å². The molecule has 18 heavy (non-hydrogen) atoms. The minimum atomic E-state index is -0.568. The highest BCUT2D eigenvalue weighted by atomic mass is 35.5. The Balaban J connectivity index is 2.11. The van der Waals surface area contributed by atoms with E-state index in [4.69, 9.17) is 33.7 Å². The van der Waals surface area contributed by atoms with E-state index in [0.29, 0.717) is 10.7 Å². The summed E-state index contributed by atoms with van der Waals surface area (Å²) in [5, 5.41) is 0.510. The molecule has 0 aromatic heterocycles. The van der Waals surface area contributed by atoms with Crippen molar-refractivity contribution in [3.8, 4) is 5.75 Å². The van der Waals surface area contributed by atoms with Crippen LogP contribution in [0.3, 0.4) is 0 Å². The van der Waals surface area contributed by atoms with Gasteiger partial charge < -0.3 is 10.5 Å². The van der Waals surface area contributed by atoms with E-state index in [1.54, 1.807) is 24.3 Å². The van der Waals surface area contributed by atoms with Gasteiger partial charge in [0.1, 0.15) is 6.61 Å². The average molecular weight is 286 g/mol. The Morgan fingerprint density at radius 1 is 1.11 bits per heavy atom. The van der Waals surface area contributed by atoms with Crippen LogP contribution in [0.25, 0.3) is 0 Å². The smallest absolute Gasteiger partial charge is 0.183 e. The van der Waals surface area contributed by atoms with Crippen molar-refractivity contribution in [2.45, 2.75) is 6.61 Å². The maximum absolute atomic E-state index is 13.5. The summed E-state index contributed by atoms with van der Waals surface area (Å²) in [6.07, 6.45) is 0. The highest BCUT2D eigenvalue weighted by molar-refractivity contribution is 6.33. The van der Waals surface area contributed by atoms with Crippen LogP contribution in [0.5, 0.6) is 5.75 Å². The van der Waals surface area contributed by atoms with Crippen molar-refractivity contribution in [3.63, 3.8) is 0 Å². The predicted molar refractivity (Wildman–Crippen MR) is 71.6 cm³/mol. The number of halogens is 3. The van der Waals surface area contributed by atoms with E-state index in [1.807, 2.05) is 0 Å². The van der Waals surface area contributed by atoms with Gasteiger partial charge in [-0.15, -0.1) is 0 Å². The number of ether oxygens (including phenoxy) is 1. The van der Waals surface area contributed by atoms with Crippen LogP contribution in [0.2, 0.25) is 10.0 Å². The van der Waals surface area contributed by atoms with Crippen LogP contribution >= 0.6 is 23.2 Å². The van der Waals surface area contributed by atoms with Gasteiger partial charge >= 0.3 is 0 Å². The molecule has 0 radical (unpaired) electrons. The molecule has 2 rings (SSSR count). The summed E-state index contributed by atoms with van der Waals surface area (Å²) in [6.45, 7) is 0.193. The first-order chi connectivity index (χ1) is 8.58. The Labute approximate surface area is 114 Å². The lowest BCUT2D eigenvalue weighted by Crippen LogP contribution is -1.99. The molecule has 0 saturated heterocycles. The van der Waals surface area contributed by atoms with Crippen LogP contribution in [0, 0.1) is 5.82 Å². The monoisotopic (exact) mass is 285 g/mol. The van der Waals surface area contributed by atoms with E-state index in [2.05, 4.69) is 0 Å². The molecule has 0 fully saturated rings. The molecule has 0 bridgehead atoms. The second-order valence-corrected chi connectivity index (χ2v) is 4.51. The number of hydrogen-bond donors (Lipinski definition) is 1. The molecule has 0 spiro atoms. The van der Waals surface area contributed by atoms with Crippen LogP contribution in [-0.4, -0.2) is 0 Å². The summed E-state index contributed by atoms with van der Waals surface area (Å²) in [6, 6.07) is 9.72. The van der Waals surface area contributed by atoms with Crippen molar-refractivity contribution in [1.29, 1.82) is 0 Å². The van der Waals surface area contributed by atoms with Crippen LogP contribution in [0.1, 0.15) is 5.56 Å². The molecule has 0 amide bonds. The lowest BCUT2D eigenvalue weighted by atomic mass is 10.2. The van der Waals surface area contributed by atoms with Gasteiger partial charge in [-0.25, -0.2) is 4.39 Å². The number of anilines is 1. The third kappa shape index (κ3) is 2.86. The van der Waals surface area contributed by atoms with Crippen molar-refractivity contribution in [2.24, 2.45) is 0 Å². The zero-order chi connectivity index (χ0) is 13.1. The molecule has 94 valence electrons. The third-order valence-corrected chi connectivity index (χ3v) is 3.01. The first-order valence-electron chi connectivity index (χ1n) is 5.18. The van der Waals surface area contributed by atoms with Gasteiger partial charge in [0.15, 0.2) is 11.6 Å². The minimum absolute atomic E-state index is 0.0307. The Morgan fingerprint density at radius 3 is 2.61 bits per heavy atom. The van der Waals surface area contributed by atoms with E-state index >= 15 is 0 Å². The number of benzene rings is 2. The Bertz CT molecular complexity index is 575. The number of hydrogen-bond acceptors (Lipinski definition) is 2. The quantitative estimate of drug-likeness (QED) is 0.854. The van der Waals surface area contributed by atoms with Gasteiger partial charge in [0.05, 0.1) is 15.7 Å². The average Bonchev–Trinajstić information content (AvgIpc) is 2.35. The topological polar surface area (TPSA) is 35.2 Å². The highest BCUT2D eigenvalue weighted by Crippen LogP contribution is 2.25. The molecular weight excluding hydrogens is 276 g/mol. The van der Waals surface area contributed by atoms with Gasteiger partial charge in [-0.3, -0.25) is 0 Å². The maximum atomic E-state index is 13.5. The van der Waals surface area contributed by atoms with Crippen molar-refractivity contribution in [3.05, 3.63) is 57.8 Å². The molecule has 0 unspecified atom stereocenters. The lowest BCUT2D eigenvalue weighted by molar-refractivity contribution is 0.290. The minimum Gasteiger partial charge on any atom is -0.486 e. The van der Waals surface area contributed by atoms with E-state index in [0.717, 1.165) is 5.56 Å². The molecule has 2 aromatic carbocycles. The molecule has 0 aliphatic heterocycles. The van der Waals surface area contributed by atoms with Gasteiger partial charge in [0.2, 0.25) is 0 Å². The van der Waals surface area contributed by atoms with Crippen LogP contribution < -0.4 is 10.5 Å². The molecule has 0 heterocycles. The van der Waals surface area contributed by atoms with Crippen LogP contribution in [0.15, 0.2) is 36.4 Å². The van der Waals surface area contributed by atoms with Gasteiger partial charge in [0.25, 0.3) is 0 Å². The number of nitrogens with two attached hydrogens (primary N) is 1. The first kappa shape index (κ1) is 13.0. The standard InChI is InChI=1S/C13H10Cl2FNO/c14-9-5-4-8(6-11(9)17)7-18-12-3-1-2-10(15)13(12)16/h1-6H,7,17H2. The van der Waals surface area contributed by atoms with Crippen LogP contribution in [0.4, 0.5) is 10.1 Å². The molecule has 2 aromatic rings. The van der Waals surface area contributed by atoms with Gasteiger partial charge in [-0.2, -0.15) is 0 Å². The van der Waals surface area contributed by atoms with Crippen molar-refractivity contribution in [1.82, 2.24) is 0 Å². The number of rotatable bonds is 3. The molecule has 0 saturated carbocycles. The Hall–Kier alpha value is -1.45. The summed E-state index contributed by atoms with van der Waals surface area (Å²) in [5.74, 6) is -0.461. The highest BCUT2D eigenvalue weighted by Gasteiger charge is 2.07.